The largest absolute Gasteiger partial charge is 0.467 e. The Bertz CT molecular complexity index is 967. The molecule has 0 saturated heterocycles. The van der Waals surface area contributed by atoms with Crippen molar-refractivity contribution >= 4 is 28.3 Å². The van der Waals surface area contributed by atoms with Gasteiger partial charge in [0.2, 0.25) is 12.7 Å². The Morgan fingerprint density at radius 2 is 2.07 bits per heavy atom. The van der Waals surface area contributed by atoms with Crippen molar-refractivity contribution in [3.05, 3.63) is 59.0 Å². The van der Waals surface area contributed by atoms with Gasteiger partial charge >= 0.3 is 0 Å². The van der Waals surface area contributed by atoms with Crippen LogP contribution < -0.4 is 20.1 Å². The van der Waals surface area contributed by atoms with Crippen LogP contribution in [0.5, 0.6) is 11.5 Å². The number of thiazole rings is 1. The summed E-state index contributed by atoms with van der Waals surface area (Å²) in [4.78, 5) is 28.6. The van der Waals surface area contributed by atoms with Crippen LogP contribution in [0.4, 0.5) is 5.13 Å². The Balaban J connectivity index is 1.32. The molecule has 1 aliphatic rings. The highest BCUT2D eigenvalue weighted by Crippen LogP contribution is 2.32. The van der Waals surface area contributed by atoms with E-state index in [1.807, 2.05) is 0 Å². The molecule has 8 nitrogen and oxygen atoms in total. The lowest BCUT2D eigenvalue weighted by molar-refractivity contribution is -0.120. The van der Waals surface area contributed by atoms with E-state index in [2.05, 4.69) is 15.6 Å². The number of carbonyl (C=O) groups excluding carboxylic acids is 2. The number of nitrogens with one attached hydrogen (secondary N) is 2. The van der Waals surface area contributed by atoms with E-state index in [1.165, 1.54) is 11.3 Å². The van der Waals surface area contributed by atoms with Crippen LogP contribution in [-0.2, 0) is 17.8 Å². The third-order valence-electron chi connectivity index (χ3n) is 3.79. The van der Waals surface area contributed by atoms with Gasteiger partial charge in [0.15, 0.2) is 16.6 Å². The van der Waals surface area contributed by atoms with Crippen LogP contribution in [-0.4, -0.2) is 23.6 Å². The van der Waals surface area contributed by atoms with Crippen LogP contribution in [0.2, 0.25) is 0 Å². The third kappa shape index (κ3) is 4.09. The molecule has 2 N–H and O–H groups in total. The van der Waals surface area contributed by atoms with E-state index in [0.717, 1.165) is 0 Å². The average Bonchev–Trinajstić information content (AvgIpc) is 3.41. The lowest BCUT2D eigenvalue weighted by Gasteiger charge is -2.03. The van der Waals surface area contributed by atoms with Crippen molar-refractivity contribution in [3.8, 4) is 11.5 Å². The quantitative estimate of drug-likeness (QED) is 0.676. The molecule has 0 radical (unpaired) electrons. The number of fused-ring (bicyclic) bond motifs is 1. The highest BCUT2D eigenvalue weighted by atomic mass is 32.1. The van der Waals surface area contributed by atoms with Crippen molar-refractivity contribution < 1.29 is 23.5 Å². The molecule has 1 aliphatic heterocycles. The SMILES string of the molecule is O=C(Cc1csc(NC(=O)c2ccc3c(c2)OCO3)n1)NCc1ccco1. The zero-order valence-corrected chi connectivity index (χ0v) is 14.9. The fourth-order valence-corrected chi connectivity index (χ4v) is 3.18. The van der Waals surface area contributed by atoms with Crippen LogP contribution in [0.15, 0.2) is 46.4 Å². The molecule has 1 aromatic carbocycles. The van der Waals surface area contributed by atoms with Crippen LogP contribution in [0.25, 0.3) is 0 Å². The van der Waals surface area contributed by atoms with Crippen LogP contribution in [0.1, 0.15) is 21.8 Å². The minimum atomic E-state index is -0.309. The van der Waals surface area contributed by atoms with Gasteiger partial charge in [-0.3, -0.25) is 14.9 Å². The summed E-state index contributed by atoms with van der Waals surface area (Å²) >= 11 is 1.26. The van der Waals surface area contributed by atoms with Gasteiger partial charge in [0, 0.05) is 10.9 Å². The summed E-state index contributed by atoms with van der Waals surface area (Å²) in [5, 5.41) is 7.64. The zero-order chi connectivity index (χ0) is 18.6. The van der Waals surface area contributed by atoms with Crippen molar-refractivity contribution in [1.82, 2.24) is 10.3 Å². The molecule has 0 saturated carbocycles. The topological polar surface area (TPSA) is 103 Å². The van der Waals surface area contributed by atoms with Crippen molar-refractivity contribution in [3.63, 3.8) is 0 Å². The molecule has 0 unspecified atom stereocenters. The number of benzene rings is 1. The lowest BCUT2D eigenvalue weighted by atomic mass is 10.2. The van der Waals surface area contributed by atoms with E-state index in [1.54, 1.807) is 42.0 Å². The molecule has 2 amide bonds. The molecule has 138 valence electrons. The number of nitrogens with zero attached hydrogens (tertiary/aromatic N) is 1. The molecular weight excluding hydrogens is 370 g/mol. The molecule has 3 aromatic rings. The molecule has 0 fully saturated rings. The fraction of sp³-hybridized carbons (Fsp3) is 0.167. The molecule has 0 bridgehead atoms. The van der Waals surface area contributed by atoms with Gasteiger partial charge in [-0.15, -0.1) is 11.3 Å². The summed E-state index contributed by atoms with van der Waals surface area (Å²) in [5.41, 5.74) is 1.02. The van der Waals surface area contributed by atoms with Crippen molar-refractivity contribution in [2.45, 2.75) is 13.0 Å². The number of amides is 2. The third-order valence-corrected chi connectivity index (χ3v) is 4.60. The van der Waals surface area contributed by atoms with E-state index < -0.39 is 0 Å². The fourth-order valence-electron chi connectivity index (χ4n) is 2.48. The van der Waals surface area contributed by atoms with E-state index in [4.69, 9.17) is 13.9 Å². The van der Waals surface area contributed by atoms with Crippen LogP contribution in [0.3, 0.4) is 0 Å². The van der Waals surface area contributed by atoms with E-state index in [-0.39, 0.29) is 25.0 Å². The maximum absolute atomic E-state index is 12.3. The number of anilines is 1. The van der Waals surface area contributed by atoms with Crippen molar-refractivity contribution in [1.29, 1.82) is 0 Å². The van der Waals surface area contributed by atoms with Gasteiger partial charge < -0.3 is 19.2 Å². The van der Waals surface area contributed by atoms with Gasteiger partial charge in [-0.25, -0.2) is 4.98 Å². The average molecular weight is 385 g/mol. The van der Waals surface area contributed by atoms with E-state index in [0.29, 0.717) is 40.2 Å². The first-order chi connectivity index (χ1) is 13.2. The van der Waals surface area contributed by atoms with Crippen LogP contribution >= 0.6 is 11.3 Å². The summed E-state index contributed by atoms with van der Waals surface area (Å²) in [6.07, 6.45) is 1.67. The second kappa shape index (κ2) is 7.50. The Morgan fingerprint density at radius 3 is 2.93 bits per heavy atom. The summed E-state index contributed by atoms with van der Waals surface area (Å²) in [6.45, 7) is 0.474. The second-order valence-corrected chi connectivity index (χ2v) is 6.56. The number of hydrogen-bond acceptors (Lipinski definition) is 7. The van der Waals surface area contributed by atoms with Crippen LogP contribution in [0, 0.1) is 0 Å². The van der Waals surface area contributed by atoms with E-state index >= 15 is 0 Å². The summed E-state index contributed by atoms with van der Waals surface area (Å²) in [7, 11) is 0. The Morgan fingerprint density at radius 1 is 1.19 bits per heavy atom. The molecule has 2 aromatic heterocycles. The van der Waals surface area contributed by atoms with Gasteiger partial charge in [0.05, 0.1) is 24.9 Å². The first-order valence-electron chi connectivity index (χ1n) is 8.12. The van der Waals surface area contributed by atoms with Gasteiger partial charge in [-0.2, -0.15) is 0 Å². The maximum Gasteiger partial charge on any atom is 0.257 e. The number of hydrogen-bond donors (Lipinski definition) is 2. The number of aromatic nitrogens is 1. The first kappa shape index (κ1) is 17.1. The standard InChI is InChI=1S/C18H15N3O5S/c22-16(19-8-13-2-1-5-24-13)7-12-9-27-18(20-12)21-17(23)11-3-4-14-15(6-11)26-10-25-14/h1-6,9H,7-8,10H2,(H,19,22)(H,20,21,23). The highest BCUT2D eigenvalue weighted by Gasteiger charge is 2.17. The summed E-state index contributed by atoms with van der Waals surface area (Å²) in [6, 6.07) is 8.51. The number of rotatable bonds is 6. The number of carbonyl (C=O) groups is 2. The normalized spacial score (nSPS) is 12.0. The maximum atomic E-state index is 12.3. The second-order valence-electron chi connectivity index (χ2n) is 5.70. The van der Waals surface area contributed by atoms with Crippen molar-refractivity contribution in [2.24, 2.45) is 0 Å². The minimum absolute atomic E-state index is 0.122. The molecule has 9 heteroatoms. The van der Waals surface area contributed by atoms with Gasteiger partial charge in [-0.1, -0.05) is 0 Å². The Hall–Kier alpha value is -3.33. The minimum Gasteiger partial charge on any atom is -0.467 e. The molecule has 3 heterocycles. The molecular formula is C18H15N3O5S. The summed E-state index contributed by atoms with van der Waals surface area (Å²) in [5.74, 6) is 1.35. The first-order valence-corrected chi connectivity index (χ1v) is 9.00. The molecule has 4 rings (SSSR count). The predicted molar refractivity (Wildman–Crippen MR) is 96.9 cm³/mol. The van der Waals surface area contributed by atoms with Crippen molar-refractivity contribution in [2.75, 3.05) is 12.1 Å². The number of furan rings is 1. The molecule has 0 atom stereocenters. The number of ether oxygens (including phenoxy) is 2. The lowest BCUT2D eigenvalue weighted by Crippen LogP contribution is -2.24. The van der Waals surface area contributed by atoms with E-state index in [9.17, 15) is 9.59 Å². The molecule has 0 aliphatic carbocycles. The predicted octanol–water partition coefficient (Wildman–Crippen LogP) is 2.58. The summed E-state index contributed by atoms with van der Waals surface area (Å²) < 4.78 is 15.7. The highest BCUT2D eigenvalue weighted by molar-refractivity contribution is 7.14. The smallest absolute Gasteiger partial charge is 0.257 e. The Kier molecular flexibility index (Phi) is 4.75. The van der Waals surface area contributed by atoms with Gasteiger partial charge in [0.1, 0.15) is 5.76 Å². The molecule has 27 heavy (non-hydrogen) atoms. The Labute approximate surface area is 158 Å². The zero-order valence-electron chi connectivity index (χ0n) is 14.1. The van der Waals surface area contributed by atoms with Gasteiger partial charge in [-0.05, 0) is 30.3 Å². The van der Waals surface area contributed by atoms with Gasteiger partial charge in [0.25, 0.3) is 5.91 Å². The molecule has 0 spiro atoms. The monoisotopic (exact) mass is 385 g/mol.